The van der Waals surface area contributed by atoms with Crippen LogP contribution in [-0.2, 0) is 10.2 Å². The number of allylic oxidation sites excluding steroid dienone is 2. The van der Waals surface area contributed by atoms with Crippen LogP contribution >= 0.6 is 0 Å². The van der Waals surface area contributed by atoms with Crippen LogP contribution in [0.15, 0.2) is 79.1 Å². The standard InChI is InChI=1S/C27H31N3O/c1-3-25(30-17-16-29-20(30)2)19-21-14-15-24(18-21)27(26(28)31,22-10-6-4-7-11-22)23-12-8-5-9-13-23/h4-13,16-17,19,21,24H,3,14-15,18H2,1-2H3,(H2,28,31)/b25-19+/t21-,24+/m1/s1. The van der Waals surface area contributed by atoms with E-state index in [-0.39, 0.29) is 11.8 Å². The molecule has 2 N–H and O–H groups in total. The minimum Gasteiger partial charge on any atom is -0.369 e. The molecule has 2 aromatic carbocycles. The first-order valence-corrected chi connectivity index (χ1v) is 11.2. The number of nitrogens with two attached hydrogens (primary N) is 1. The molecule has 2 atom stereocenters. The van der Waals surface area contributed by atoms with Crippen molar-refractivity contribution in [3.63, 3.8) is 0 Å². The third-order valence-corrected chi connectivity index (χ3v) is 6.86. The molecule has 0 saturated heterocycles. The maximum atomic E-state index is 13.2. The van der Waals surface area contributed by atoms with Gasteiger partial charge >= 0.3 is 0 Å². The summed E-state index contributed by atoms with van der Waals surface area (Å²) in [5.74, 6) is 1.30. The third-order valence-electron chi connectivity index (χ3n) is 6.86. The molecule has 160 valence electrons. The highest BCUT2D eigenvalue weighted by atomic mass is 16.1. The van der Waals surface area contributed by atoms with Crippen molar-refractivity contribution in [3.8, 4) is 0 Å². The lowest BCUT2D eigenvalue weighted by Crippen LogP contribution is -2.47. The van der Waals surface area contributed by atoms with Crippen LogP contribution in [-0.4, -0.2) is 15.5 Å². The van der Waals surface area contributed by atoms with E-state index in [0.29, 0.717) is 5.92 Å². The van der Waals surface area contributed by atoms with E-state index in [2.05, 4.69) is 22.6 Å². The lowest BCUT2D eigenvalue weighted by atomic mass is 9.64. The van der Waals surface area contributed by atoms with E-state index in [4.69, 9.17) is 5.73 Å². The number of hydrogen-bond acceptors (Lipinski definition) is 2. The number of benzene rings is 2. The first-order valence-electron chi connectivity index (χ1n) is 11.2. The highest BCUT2D eigenvalue weighted by Crippen LogP contribution is 2.49. The minimum atomic E-state index is -0.817. The summed E-state index contributed by atoms with van der Waals surface area (Å²) in [5, 5.41) is 0. The molecule has 0 unspecified atom stereocenters. The first kappa shape index (κ1) is 21.1. The molecule has 0 spiro atoms. The Kier molecular flexibility index (Phi) is 6.08. The fraction of sp³-hybridized carbons (Fsp3) is 0.333. The number of rotatable bonds is 7. The zero-order chi connectivity index (χ0) is 21.8. The summed E-state index contributed by atoms with van der Waals surface area (Å²) >= 11 is 0. The molecule has 1 aliphatic carbocycles. The molecule has 1 saturated carbocycles. The first-order chi connectivity index (χ1) is 15.1. The Morgan fingerprint density at radius 1 is 1.10 bits per heavy atom. The Labute approximate surface area is 184 Å². The fourth-order valence-electron chi connectivity index (χ4n) is 5.41. The van der Waals surface area contributed by atoms with Crippen molar-refractivity contribution in [1.29, 1.82) is 0 Å². The van der Waals surface area contributed by atoms with Crippen LogP contribution in [0.25, 0.3) is 5.70 Å². The topological polar surface area (TPSA) is 60.9 Å². The number of carbonyl (C=O) groups is 1. The molecule has 1 fully saturated rings. The largest absolute Gasteiger partial charge is 0.369 e. The SMILES string of the molecule is CC/C(=C\[C@@H]1CC[C@H](C(C(N)=O)(c2ccccc2)c2ccccc2)C1)n1ccnc1C. The average Bonchev–Trinajstić information content (AvgIpc) is 3.43. The predicted octanol–water partition coefficient (Wildman–Crippen LogP) is 5.33. The van der Waals surface area contributed by atoms with Gasteiger partial charge in [0.15, 0.2) is 0 Å². The molecule has 1 amide bonds. The van der Waals surface area contributed by atoms with Gasteiger partial charge in [0.2, 0.25) is 5.91 Å². The summed E-state index contributed by atoms with van der Waals surface area (Å²) in [4.78, 5) is 17.6. The van der Waals surface area contributed by atoms with Crippen LogP contribution in [0.5, 0.6) is 0 Å². The molecule has 4 nitrogen and oxygen atoms in total. The molecule has 0 radical (unpaired) electrons. The molecule has 0 bridgehead atoms. The smallest absolute Gasteiger partial charge is 0.232 e. The van der Waals surface area contributed by atoms with E-state index >= 15 is 0 Å². The number of nitrogens with zero attached hydrogens (tertiary/aromatic N) is 2. The van der Waals surface area contributed by atoms with E-state index in [1.54, 1.807) is 0 Å². The summed E-state index contributed by atoms with van der Waals surface area (Å²) in [6, 6.07) is 20.2. The van der Waals surface area contributed by atoms with Crippen molar-refractivity contribution in [2.45, 2.75) is 44.9 Å². The number of aryl methyl sites for hydroxylation is 1. The number of primary amides is 1. The molecule has 4 rings (SSSR count). The van der Waals surface area contributed by atoms with Crippen LogP contribution < -0.4 is 5.73 Å². The molecule has 1 aliphatic rings. The van der Waals surface area contributed by atoms with Gasteiger partial charge in [0.05, 0.1) is 0 Å². The molecule has 31 heavy (non-hydrogen) atoms. The number of imidazole rings is 1. The van der Waals surface area contributed by atoms with E-state index in [9.17, 15) is 4.79 Å². The van der Waals surface area contributed by atoms with Crippen molar-refractivity contribution in [2.24, 2.45) is 17.6 Å². The monoisotopic (exact) mass is 413 g/mol. The van der Waals surface area contributed by atoms with E-state index in [1.807, 2.05) is 80.0 Å². The summed E-state index contributed by atoms with van der Waals surface area (Å²) in [6.07, 6.45) is 10.2. The highest BCUT2D eigenvalue weighted by molar-refractivity contribution is 5.91. The Bertz CT molecular complexity index is 1010. The average molecular weight is 414 g/mol. The van der Waals surface area contributed by atoms with Crippen molar-refractivity contribution in [2.75, 3.05) is 0 Å². The van der Waals surface area contributed by atoms with Gasteiger partial charge in [0, 0.05) is 18.1 Å². The molecular formula is C27H31N3O. The van der Waals surface area contributed by atoms with Gasteiger partial charge in [-0.15, -0.1) is 0 Å². The van der Waals surface area contributed by atoms with E-state index in [0.717, 1.165) is 42.6 Å². The molecule has 3 aromatic rings. The lowest BCUT2D eigenvalue weighted by molar-refractivity contribution is -0.123. The second kappa shape index (κ2) is 8.93. The van der Waals surface area contributed by atoms with E-state index in [1.165, 1.54) is 5.70 Å². The maximum absolute atomic E-state index is 13.2. The zero-order valence-corrected chi connectivity index (χ0v) is 18.4. The zero-order valence-electron chi connectivity index (χ0n) is 18.4. The maximum Gasteiger partial charge on any atom is 0.232 e. The van der Waals surface area contributed by atoms with Crippen molar-refractivity contribution in [1.82, 2.24) is 9.55 Å². The fourth-order valence-corrected chi connectivity index (χ4v) is 5.41. The van der Waals surface area contributed by atoms with Gasteiger partial charge in [0.25, 0.3) is 0 Å². The predicted molar refractivity (Wildman–Crippen MR) is 125 cm³/mol. The van der Waals surface area contributed by atoms with Gasteiger partial charge in [-0.05, 0) is 55.6 Å². The molecule has 1 aromatic heterocycles. The number of amides is 1. The minimum absolute atomic E-state index is 0.151. The lowest BCUT2D eigenvalue weighted by Gasteiger charge is -2.37. The van der Waals surface area contributed by atoms with Gasteiger partial charge < -0.3 is 10.3 Å². The Balaban J connectivity index is 1.73. The summed E-state index contributed by atoms with van der Waals surface area (Å²) in [5.41, 5.74) is 8.65. The summed E-state index contributed by atoms with van der Waals surface area (Å²) in [6.45, 7) is 4.21. The number of carbonyl (C=O) groups excluding carboxylic acids is 1. The van der Waals surface area contributed by atoms with Gasteiger partial charge in [-0.3, -0.25) is 4.79 Å². The highest BCUT2D eigenvalue weighted by Gasteiger charge is 2.49. The molecule has 4 heteroatoms. The quantitative estimate of drug-likeness (QED) is 0.569. The summed E-state index contributed by atoms with van der Waals surface area (Å²) in [7, 11) is 0. The summed E-state index contributed by atoms with van der Waals surface area (Å²) < 4.78 is 2.17. The number of hydrogen-bond donors (Lipinski definition) is 1. The Hall–Kier alpha value is -3.14. The second-order valence-electron chi connectivity index (χ2n) is 8.53. The molecular weight excluding hydrogens is 382 g/mol. The third kappa shape index (κ3) is 3.83. The second-order valence-corrected chi connectivity index (χ2v) is 8.53. The van der Waals surface area contributed by atoms with Gasteiger partial charge in [-0.25, -0.2) is 4.98 Å². The Morgan fingerprint density at radius 2 is 1.71 bits per heavy atom. The van der Waals surface area contributed by atoms with Crippen LogP contribution in [0.4, 0.5) is 0 Å². The normalized spacial score (nSPS) is 19.5. The van der Waals surface area contributed by atoms with Gasteiger partial charge in [-0.1, -0.05) is 73.7 Å². The van der Waals surface area contributed by atoms with Crippen molar-refractivity contribution in [3.05, 3.63) is 96.1 Å². The van der Waals surface area contributed by atoms with Crippen LogP contribution in [0.2, 0.25) is 0 Å². The Morgan fingerprint density at radius 3 is 2.19 bits per heavy atom. The van der Waals surface area contributed by atoms with E-state index < -0.39 is 5.41 Å². The number of aromatic nitrogens is 2. The van der Waals surface area contributed by atoms with Gasteiger partial charge in [0.1, 0.15) is 11.2 Å². The molecule has 1 heterocycles. The molecule has 0 aliphatic heterocycles. The van der Waals surface area contributed by atoms with Gasteiger partial charge in [-0.2, -0.15) is 0 Å². The van der Waals surface area contributed by atoms with Crippen LogP contribution in [0.3, 0.4) is 0 Å². The van der Waals surface area contributed by atoms with Crippen LogP contribution in [0.1, 0.15) is 49.6 Å². The van der Waals surface area contributed by atoms with Crippen molar-refractivity contribution >= 4 is 11.6 Å². The van der Waals surface area contributed by atoms with Crippen LogP contribution in [0, 0.1) is 18.8 Å². The van der Waals surface area contributed by atoms with Crippen molar-refractivity contribution < 1.29 is 4.79 Å².